The first-order chi connectivity index (χ1) is 16.9. The van der Waals surface area contributed by atoms with E-state index in [0.717, 1.165) is 16.7 Å². The van der Waals surface area contributed by atoms with Crippen molar-refractivity contribution in [3.05, 3.63) is 95.1 Å². The number of hydrogen-bond acceptors (Lipinski definition) is 4. The van der Waals surface area contributed by atoms with Gasteiger partial charge >= 0.3 is 12.1 Å². The van der Waals surface area contributed by atoms with Crippen molar-refractivity contribution in [1.29, 1.82) is 0 Å². The van der Waals surface area contributed by atoms with Gasteiger partial charge in [0, 0.05) is 25.1 Å². The number of nitrogens with one attached hydrogen (secondary N) is 1. The fourth-order valence-corrected chi connectivity index (χ4v) is 4.43. The molecule has 1 aliphatic rings. The summed E-state index contributed by atoms with van der Waals surface area (Å²) in [5.74, 6) is -1.47. The SMILES string of the molecule is CC(C(=O)O)N(C)C(=O)c1ccccc1CCNC(=O)OCC1c2ccccc2-c2ccccc21. The molecule has 2 amide bonds. The topological polar surface area (TPSA) is 95.9 Å². The Bertz CT molecular complexity index is 1210. The van der Waals surface area contributed by atoms with Gasteiger partial charge in [-0.2, -0.15) is 0 Å². The van der Waals surface area contributed by atoms with E-state index in [9.17, 15) is 19.5 Å². The van der Waals surface area contributed by atoms with Crippen LogP contribution in [0.4, 0.5) is 4.79 Å². The molecule has 0 aliphatic heterocycles. The molecule has 1 atom stereocenters. The highest BCUT2D eigenvalue weighted by Gasteiger charge is 2.29. The number of carboxylic acids is 1. The molecule has 1 unspecified atom stereocenters. The fourth-order valence-electron chi connectivity index (χ4n) is 4.43. The van der Waals surface area contributed by atoms with Crippen LogP contribution in [0.25, 0.3) is 11.1 Å². The fraction of sp³-hybridized carbons (Fsp3) is 0.250. The molecule has 0 bridgehead atoms. The molecular formula is C28H28N2O5. The Labute approximate surface area is 204 Å². The minimum atomic E-state index is -1.07. The Hall–Kier alpha value is -4.13. The molecule has 0 fully saturated rings. The lowest BCUT2D eigenvalue weighted by Crippen LogP contribution is -2.40. The molecule has 0 spiro atoms. The molecule has 0 radical (unpaired) electrons. The molecule has 180 valence electrons. The van der Waals surface area contributed by atoms with Crippen molar-refractivity contribution in [2.45, 2.75) is 25.3 Å². The van der Waals surface area contributed by atoms with Crippen LogP contribution in [0.15, 0.2) is 72.8 Å². The predicted molar refractivity (Wildman–Crippen MR) is 132 cm³/mol. The number of carbonyl (C=O) groups is 3. The minimum absolute atomic E-state index is 0.0155. The van der Waals surface area contributed by atoms with Crippen LogP contribution in [0.2, 0.25) is 0 Å². The highest BCUT2D eigenvalue weighted by atomic mass is 16.5. The maximum atomic E-state index is 12.8. The van der Waals surface area contributed by atoms with Crippen LogP contribution in [0.3, 0.4) is 0 Å². The van der Waals surface area contributed by atoms with Gasteiger partial charge in [-0.1, -0.05) is 66.7 Å². The van der Waals surface area contributed by atoms with E-state index in [0.29, 0.717) is 12.0 Å². The number of benzene rings is 3. The molecular weight excluding hydrogens is 444 g/mol. The van der Waals surface area contributed by atoms with Gasteiger partial charge in [-0.25, -0.2) is 9.59 Å². The predicted octanol–water partition coefficient (Wildman–Crippen LogP) is 4.31. The van der Waals surface area contributed by atoms with E-state index in [1.807, 2.05) is 24.3 Å². The van der Waals surface area contributed by atoms with Crippen LogP contribution in [0.5, 0.6) is 0 Å². The summed E-state index contributed by atoms with van der Waals surface area (Å²) < 4.78 is 5.56. The number of ether oxygens (including phenoxy) is 1. The summed E-state index contributed by atoms with van der Waals surface area (Å²) >= 11 is 0. The van der Waals surface area contributed by atoms with E-state index in [4.69, 9.17) is 4.74 Å². The minimum Gasteiger partial charge on any atom is -0.480 e. The number of amides is 2. The van der Waals surface area contributed by atoms with Crippen LogP contribution in [-0.2, 0) is 16.0 Å². The number of aliphatic carboxylic acids is 1. The number of rotatable bonds is 8. The van der Waals surface area contributed by atoms with Crippen LogP contribution in [0.1, 0.15) is 39.9 Å². The molecule has 0 saturated carbocycles. The number of fused-ring (bicyclic) bond motifs is 3. The van der Waals surface area contributed by atoms with Gasteiger partial charge in [0.15, 0.2) is 0 Å². The van der Waals surface area contributed by atoms with Crippen molar-refractivity contribution in [3.63, 3.8) is 0 Å². The molecule has 7 nitrogen and oxygen atoms in total. The summed E-state index contributed by atoms with van der Waals surface area (Å²) in [5, 5.41) is 12.0. The zero-order valence-electron chi connectivity index (χ0n) is 19.7. The lowest BCUT2D eigenvalue weighted by atomic mass is 9.98. The van der Waals surface area contributed by atoms with E-state index in [1.54, 1.807) is 24.3 Å². The summed E-state index contributed by atoms with van der Waals surface area (Å²) in [6.45, 7) is 1.97. The first-order valence-corrected chi connectivity index (χ1v) is 11.5. The normalized spacial score (nSPS) is 12.9. The number of hydrogen-bond donors (Lipinski definition) is 2. The van der Waals surface area contributed by atoms with Crippen molar-refractivity contribution < 1.29 is 24.2 Å². The Morgan fingerprint density at radius 1 is 0.943 bits per heavy atom. The van der Waals surface area contributed by atoms with Crippen molar-refractivity contribution >= 4 is 18.0 Å². The average molecular weight is 473 g/mol. The Kier molecular flexibility index (Phi) is 7.15. The third kappa shape index (κ3) is 5.04. The van der Waals surface area contributed by atoms with Crippen molar-refractivity contribution in [3.8, 4) is 11.1 Å². The van der Waals surface area contributed by atoms with Gasteiger partial charge in [-0.15, -0.1) is 0 Å². The van der Waals surface area contributed by atoms with Gasteiger partial charge in [-0.05, 0) is 47.2 Å². The van der Waals surface area contributed by atoms with Crippen molar-refractivity contribution in [2.75, 3.05) is 20.2 Å². The number of carboxylic acid groups (broad SMARTS) is 1. The van der Waals surface area contributed by atoms with E-state index in [2.05, 4.69) is 29.6 Å². The molecule has 0 saturated heterocycles. The lowest BCUT2D eigenvalue weighted by molar-refractivity contribution is -0.141. The number of alkyl carbamates (subject to hydrolysis) is 1. The van der Waals surface area contributed by atoms with Gasteiger partial charge in [0.2, 0.25) is 0 Å². The van der Waals surface area contributed by atoms with Crippen LogP contribution in [0, 0.1) is 0 Å². The first kappa shape index (κ1) is 24.0. The standard InChI is InChI=1S/C28H28N2O5/c1-18(27(32)33)30(2)26(31)20-10-4-3-9-19(20)15-16-29-28(34)35-17-25-23-13-7-5-11-21(23)22-12-6-8-14-24(22)25/h3-14,18,25H,15-17H2,1-2H3,(H,29,34)(H,32,33). The first-order valence-electron chi connectivity index (χ1n) is 11.5. The highest BCUT2D eigenvalue weighted by Crippen LogP contribution is 2.44. The van der Waals surface area contributed by atoms with Crippen molar-refractivity contribution in [2.24, 2.45) is 0 Å². The zero-order valence-corrected chi connectivity index (χ0v) is 19.7. The molecule has 2 N–H and O–H groups in total. The van der Waals surface area contributed by atoms with E-state index in [-0.39, 0.29) is 25.0 Å². The second-order valence-corrected chi connectivity index (χ2v) is 8.59. The smallest absolute Gasteiger partial charge is 0.407 e. The second-order valence-electron chi connectivity index (χ2n) is 8.59. The molecule has 3 aromatic rings. The number of likely N-dealkylation sites (N-methyl/N-ethyl adjacent to an activating group) is 1. The summed E-state index contributed by atoms with van der Waals surface area (Å²) in [6, 6.07) is 22.3. The van der Waals surface area contributed by atoms with E-state index >= 15 is 0 Å². The number of carbonyl (C=O) groups excluding carboxylic acids is 2. The molecule has 35 heavy (non-hydrogen) atoms. The second kappa shape index (κ2) is 10.4. The summed E-state index contributed by atoms with van der Waals surface area (Å²) in [4.78, 5) is 37.7. The van der Waals surface area contributed by atoms with E-state index in [1.165, 1.54) is 30.0 Å². The largest absolute Gasteiger partial charge is 0.480 e. The quantitative estimate of drug-likeness (QED) is 0.509. The average Bonchev–Trinajstić information content (AvgIpc) is 3.20. The molecule has 0 aromatic heterocycles. The third-order valence-electron chi connectivity index (χ3n) is 6.51. The van der Waals surface area contributed by atoms with Gasteiger partial charge in [0.25, 0.3) is 5.91 Å². The van der Waals surface area contributed by atoms with Gasteiger partial charge in [0.1, 0.15) is 12.6 Å². The van der Waals surface area contributed by atoms with Crippen LogP contribution in [-0.4, -0.2) is 54.2 Å². The third-order valence-corrected chi connectivity index (χ3v) is 6.51. The zero-order chi connectivity index (χ0) is 24.9. The molecule has 1 aliphatic carbocycles. The summed E-state index contributed by atoms with van der Waals surface area (Å²) in [6.07, 6.45) is -0.117. The Morgan fingerprint density at radius 2 is 1.51 bits per heavy atom. The Morgan fingerprint density at radius 3 is 2.14 bits per heavy atom. The monoisotopic (exact) mass is 472 g/mol. The van der Waals surface area contributed by atoms with Crippen LogP contribution >= 0.6 is 0 Å². The summed E-state index contributed by atoms with van der Waals surface area (Å²) in [5.41, 5.74) is 5.77. The molecule has 3 aromatic carbocycles. The lowest BCUT2D eigenvalue weighted by Gasteiger charge is -2.22. The van der Waals surface area contributed by atoms with E-state index < -0.39 is 18.1 Å². The summed E-state index contributed by atoms with van der Waals surface area (Å²) in [7, 11) is 1.47. The highest BCUT2D eigenvalue weighted by molar-refractivity contribution is 5.97. The Balaban J connectivity index is 1.34. The van der Waals surface area contributed by atoms with Crippen molar-refractivity contribution in [1.82, 2.24) is 10.2 Å². The van der Waals surface area contributed by atoms with Gasteiger partial charge < -0.3 is 20.1 Å². The maximum absolute atomic E-state index is 12.8. The molecule has 4 rings (SSSR count). The molecule has 7 heteroatoms. The van der Waals surface area contributed by atoms with Gasteiger partial charge in [-0.3, -0.25) is 4.79 Å². The maximum Gasteiger partial charge on any atom is 0.407 e. The molecule has 0 heterocycles. The van der Waals surface area contributed by atoms with Crippen LogP contribution < -0.4 is 5.32 Å². The number of nitrogens with zero attached hydrogens (tertiary/aromatic N) is 1. The van der Waals surface area contributed by atoms with Gasteiger partial charge in [0.05, 0.1) is 0 Å².